The van der Waals surface area contributed by atoms with Gasteiger partial charge in [0.1, 0.15) is 17.9 Å². The summed E-state index contributed by atoms with van der Waals surface area (Å²) in [7, 11) is -3.63. The number of fused-ring (bicyclic) bond motifs is 1. The number of carbonyl (C=O) groups is 1. The van der Waals surface area contributed by atoms with Crippen LogP contribution in [0.4, 0.5) is 5.69 Å². The molecule has 0 bridgehead atoms. The van der Waals surface area contributed by atoms with Crippen LogP contribution in [-0.2, 0) is 14.8 Å². The number of anilines is 1. The molecule has 0 radical (unpaired) electrons. The van der Waals surface area contributed by atoms with Crippen molar-refractivity contribution >= 4 is 21.6 Å². The Morgan fingerprint density at radius 1 is 1.21 bits per heavy atom. The number of hydrogen-bond acceptors (Lipinski definition) is 4. The highest BCUT2D eigenvalue weighted by molar-refractivity contribution is 7.92. The molecule has 6 nitrogen and oxygen atoms in total. The van der Waals surface area contributed by atoms with E-state index in [1.165, 1.54) is 4.31 Å². The molecule has 0 spiro atoms. The number of amides is 1. The van der Waals surface area contributed by atoms with Crippen LogP contribution in [0.1, 0.15) is 43.0 Å². The number of benzene rings is 2. The maximum atomic E-state index is 12.9. The van der Waals surface area contributed by atoms with E-state index in [0.29, 0.717) is 12.1 Å². The first kappa shape index (κ1) is 21.2. The van der Waals surface area contributed by atoms with Gasteiger partial charge < -0.3 is 10.1 Å². The maximum Gasteiger partial charge on any atom is 0.241 e. The summed E-state index contributed by atoms with van der Waals surface area (Å²) in [5.74, 6) is 0.386. The first-order valence-corrected chi connectivity index (χ1v) is 11.4. The fraction of sp³-hybridized carbons (Fsp3) is 0.409. The maximum absolute atomic E-state index is 12.9. The Kier molecular flexibility index (Phi) is 5.63. The predicted molar refractivity (Wildman–Crippen MR) is 115 cm³/mol. The monoisotopic (exact) mass is 416 g/mol. The number of hydrogen-bond donors (Lipinski definition) is 1. The average Bonchev–Trinajstić information content (AvgIpc) is 2.60. The minimum atomic E-state index is -3.63. The summed E-state index contributed by atoms with van der Waals surface area (Å²) in [5.41, 5.74) is 2.72. The number of ether oxygens (including phenoxy) is 1. The second kappa shape index (κ2) is 7.71. The van der Waals surface area contributed by atoms with Gasteiger partial charge >= 0.3 is 0 Å². The molecule has 0 fully saturated rings. The summed E-state index contributed by atoms with van der Waals surface area (Å²) in [4.78, 5) is 12.9. The Hall–Kier alpha value is -2.54. The number of aryl methyl sites for hydroxylation is 2. The zero-order valence-electron chi connectivity index (χ0n) is 17.5. The highest BCUT2D eigenvalue weighted by Crippen LogP contribution is 2.39. The third kappa shape index (κ3) is 4.90. The first-order chi connectivity index (χ1) is 13.5. The van der Waals surface area contributed by atoms with Crippen LogP contribution in [0.25, 0.3) is 0 Å². The molecule has 2 aromatic carbocycles. The Bertz CT molecular complexity index is 1030. The van der Waals surface area contributed by atoms with Gasteiger partial charge in [0.25, 0.3) is 0 Å². The minimum Gasteiger partial charge on any atom is -0.487 e. The summed E-state index contributed by atoms with van der Waals surface area (Å²) in [6.07, 6.45) is 1.72. The minimum absolute atomic E-state index is 0.248. The molecular weight excluding hydrogens is 388 g/mol. The lowest BCUT2D eigenvalue weighted by atomic mass is 9.89. The van der Waals surface area contributed by atoms with Gasteiger partial charge in [0.05, 0.1) is 18.0 Å². The normalized spacial score (nSPS) is 17.8. The van der Waals surface area contributed by atoms with Crippen molar-refractivity contribution in [1.82, 2.24) is 5.32 Å². The molecule has 0 saturated heterocycles. The van der Waals surface area contributed by atoms with Gasteiger partial charge in [-0.1, -0.05) is 30.3 Å². The van der Waals surface area contributed by atoms with Crippen molar-refractivity contribution in [3.8, 4) is 5.75 Å². The van der Waals surface area contributed by atoms with E-state index in [-0.39, 0.29) is 18.5 Å². The fourth-order valence-corrected chi connectivity index (χ4v) is 4.58. The Morgan fingerprint density at radius 3 is 2.59 bits per heavy atom. The summed E-state index contributed by atoms with van der Waals surface area (Å²) in [6, 6.07) is 12.9. The molecule has 1 amide bonds. The molecule has 29 heavy (non-hydrogen) atoms. The predicted octanol–water partition coefficient (Wildman–Crippen LogP) is 3.49. The number of carbonyl (C=O) groups excluding carboxylic acids is 1. The molecule has 1 aliphatic heterocycles. The molecule has 0 aliphatic carbocycles. The van der Waals surface area contributed by atoms with Crippen LogP contribution < -0.4 is 14.4 Å². The molecule has 0 unspecified atom stereocenters. The number of nitrogens with one attached hydrogen (secondary N) is 1. The highest BCUT2D eigenvalue weighted by Gasteiger charge is 2.35. The number of rotatable bonds is 5. The number of sulfonamides is 1. The van der Waals surface area contributed by atoms with E-state index in [1.54, 1.807) is 6.07 Å². The lowest BCUT2D eigenvalue weighted by molar-refractivity contribution is -0.120. The quantitative estimate of drug-likeness (QED) is 0.810. The van der Waals surface area contributed by atoms with Crippen molar-refractivity contribution in [2.75, 3.05) is 17.1 Å². The largest absolute Gasteiger partial charge is 0.487 e. The second-order valence-electron chi connectivity index (χ2n) is 8.28. The molecule has 3 rings (SSSR count). The van der Waals surface area contributed by atoms with Crippen molar-refractivity contribution in [3.05, 3.63) is 59.2 Å². The van der Waals surface area contributed by atoms with E-state index in [4.69, 9.17) is 4.74 Å². The molecule has 0 saturated carbocycles. The zero-order valence-corrected chi connectivity index (χ0v) is 18.3. The van der Waals surface area contributed by atoms with Gasteiger partial charge in [0.15, 0.2) is 0 Å². The van der Waals surface area contributed by atoms with Crippen LogP contribution in [0.15, 0.2) is 42.5 Å². The fourth-order valence-electron chi connectivity index (χ4n) is 3.67. The van der Waals surface area contributed by atoms with Crippen LogP contribution in [0.5, 0.6) is 5.75 Å². The van der Waals surface area contributed by atoms with E-state index >= 15 is 0 Å². The molecule has 2 aromatic rings. The molecule has 1 heterocycles. The van der Waals surface area contributed by atoms with Crippen LogP contribution in [0, 0.1) is 13.8 Å². The van der Waals surface area contributed by atoms with Gasteiger partial charge in [-0.05, 0) is 51.0 Å². The van der Waals surface area contributed by atoms with Crippen molar-refractivity contribution in [2.45, 2.75) is 45.8 Å². The number of nitrogens with zero attached hydrogens (tertiary/aromatic N) is 1. The first-order valence-electron chi connectivity index (χ1n) is 9.58. The highest BCUT2D eigenvalue weighted by atomic mass is 32.2. The third-order valence-electron chi connectivity index (χ3n) is 5.03. The number of para-hydroxylation sites is 1. The summed E-state index contributed by atoms with van der Waals surface area (Å²) in [5, 5.41) is 3.01. The molecule has 0 aromatic heterocycles. The van der Waals surface area contributed by atoms with Crippen LogP contribution in [-0.4, -0.2) is 32.7 Å². The Labute approximate surface area is 172 Å². The van der Waals surface area contributed by atoms with Gasteiger partial charge in [0, 0.05) is 12.0 Å². The SMILES string of the molecule is Cc1ccc(C)c(N(CC(=O)N[C@@H]2CC(C)(C)Oc3ccccc32)S(C)(=O)=O)c1. The molecular formula is C22H28N2O4S. The van der Waals surface area contributed by atoms with Crippen molar-refractivity contribution in [2.24, 2.45) is 0 Å². The van der Waals surface area contributed by atoms with E-state index in [9.17, 15) is 13.2 Å². The summed E-state index contributed by atoms with van der Waals surface area (Å²) in [6.45, 7) is 7.40. The topological polar surface area (TPSA) is 75.7 Å². The van der Waals surface area contributed by atoms with Gasteiger partial charge in [-0.15, -0.1) is 0 Å². The van der Waals surface area contributed by atoms with E-state index in [0.717, 1.165) is 28.7 Å². The van der Waals surface area contributed by atoms with Gasteiger partial charge in [-0.3, -0.25) is 9.10 Å². The third-order valence-corrected chi connectivity index (χ3v) is 6.16. The molecule has 1 aliphatic rings. The zero-order chi connectivity index (χ0) is 21.4. The van der Waals surface area contributed by atoms with Crippen LogP contribution in [0.3, 0.4) is 0 Å². The summed E-state index contributed by atoms with van der Waals surface area (Å²) >= 11 is 0. The lowest BCUT2D eigenvalue weighted by Crippen LogP contribution is -2.45. The van der Waals surface area contributed by atoms with Gasteiger partial charge in [-0.2, -0.15) is 0 Å². The smallest absolute Gasteiger partial charge is 0.241 e. The molecule has 156 valence electrons. The lowest BCUT2D eigenvalue weighted by Gasteiger charge is -2.38. The van der Waals surface area contributed by atoms with E-state index in [2.05, 4.69) is 5.32 Å². The van der Waals surface area contributed by atoms with Crippen LogP contribution in [0.2, 0.25) is 0 Å². The van der Waals surface area contributed by atoms with Crippen molar-refractivity contribution < 1.29 is 17.9 Å². The van der Waals surface area contributed by atoms with Crippen molar-refractivity contribution in [1.29, 1.82) is 0 Å². The Balaban J connectivity index is 1.86. The molecule has 1 atom stereocenters. The van der Waals surface area contributed by atoms with Gasteiger partial charge in [-0.25, -0.2) is 8.42 Å². The summed E-state index contributed by atoms with van der Waals surface area (Å²) < 4.78 is 32.1. The molecule has 1 N–H and O–H groups in total. The van der Waals surface area contributed by atoms with Crippen LogP contribution >= 0.6 is 0 Å². The van der Waals surface area contributed by atoms with Crippen molar-refractivity contribution in [3.63, 3.8) is 0 Å². The second-order valence-corrected chi connectivity index (χ2v) is 10.2. The van der Waals surface area contributed by atoms with Gasteiger partial charge in [0.2, 0.25) is 15.9 Å². The van der Waals surface area contributed by atoms with E-state index in [1.807, 2.05) is 64.1 Å². The molecule has 7 heteroatoms. The van der Waals surface area contributed by atoms with E-state index < -0.39 is 15.6 Å². The standard InChI is InChI=1S/C22H28N2O4S/c1-15-10-11-16(2)19(12-15)24(29(5,26)27)14-21(25)23-18-13-22(3,4)28-20-9-7-6-8-17(18)20/h6-12,18H,13-14H2,1-5H3,(H,23,25)/t18-/m1/s1. The Morgan fingerprint density at radius 2 is 1.90 bits per heavy atom. The average molecular weight is 417 g/mol.